The predicted octanol–water partition coefficient (Wildman–Crippen LogP) is 3.30. The molecule has 0 fully saturated rings. The van der Waals surface area contributed by atoms with Crippen molar-refractivity contribution in [3.63, 3.8) is 0 Å². The number of ketones is 1. The average Bonchev–Trinajstić information content (AvgIpc) is 2.75. The van der Waals surface area contributed by atoms with Gasteiger partial charge < -0.3 is 10.1 Å². The van der Waals surface area contributed by atoms with Gasteiger partial charge in [0.2, 0.25) is 15.9 Å². The molecule has 9 heteroatoms. The Bertz CT molecular complexity index is 1100. The number of aryl methyl sites for hydroxylation is 1. The number of sulfonamides is 1. The van der Waals surface area contributed by atoms with Crippen LogP contribution in [0.15, 0.2) is 53.9 Å². The summed E-state index contributed by atoms with van der Waals surface area (Å²) in [5, 5.41) is 3.69. The number of esters is 1. The minimum atomic E-state index is -3.85. The van der Waals surface area contributed by atoms with Gasteiger partial charge in [0, 0.05) is 23.1 Å². The van der Waals surface area contributed by atoms with Gasteiger partial charge in [-0.15, -0.1) is 0 Å². The van der Waals surface area contributed by atoms with Gasteiger partial charge >= 0.3 is 5.97 Å². The van der Waals surface area contributed by atoms with Gasteiger partial charge in [-0.25, -0.2) is 13.1 Å². The molecule has 0 radical (unpaired) electrons. The lowest BCUT2D eigenvalue weighted by Crippen LogP contribution is -2.30. The molecule has 2 N–H and O–H groups in total. The fraction of sp³-hybridized carbons (Fsp3) is 0.292. The van der Waals surface area contributed by atoms with Crippen LogP contribution in [0.4, 0.5) is 5.69 Å². The molecule has 2 aromatic carbocycles. The molecule has 0 spiro atoms. The van der Waals surface area contributed by atoms with Crippen molar-refractivity contribution in [3.8, 4) is 0 Å². The summed E-state index contributed by atoms with van der Waals surface area (Å²) < 4.78 is 31.0. The van der Waals surface area contributed by atoms with E-state index in [-0.39, 0.29) is 11.8 Å². The summed E-state index contributed by atoms with van der Waals surface area (Å²) in [6, 6.07) is 13.4. The van der Waals surface area contributed by atoms with Crippen molar-refractivity contribution in [3.05, 3.63) is 70.6 Å². The van der Waals surface area contributed by atoms with E-state index in [4.69, 9.17) is 4.74 Å². The number of benzene rings is 2. The highest BCUT2D eigenvalue weighted by atomic mass is 32.2. The van der Waals surface area contributed by atoms with Crippen LogP contribution in [0.1, 0.15) is 41.8 Å². The molecule has 0 aliphatic rings. The highest BCUT2D eigenvalue weighted by Crippen LogP contribution is 2.12. The molecule has 0 aliphatic carbocycles. The Hall–Kier alpha value is -3.30. The van der Waals surface area contributed by atoms with Gasteiger partial charge in [0.15, 0.2) is 12.4 Å². The number of nitrogens with one attached hydrogen (secondary N) is 2. The lowest BCUT2D eigenvalue weighted by atomic mass is 10.1. The summed E-state index contributed by atoms with van der Waals surface area (Å²) in [6.45, 7) is 4.67. The molecule has 0 saturated carbocycles. The van der Waals surface area contributed by atoms with Crippen molar-refractivity contribution in [2.24, 2.45) is 5.92 Å². The fourth-order valence-electron chi connectivity index (χ4n) is 2.66. The van der Waals surface area contributed by atoms with Crippen molar-refractivity contribution in [2.75, 3.05) is 18.5 Å². The number of carbonyl (C=O) groups excluding carboxylic acids is 3. The Morgan fingerprint density at radius 1 is 1.00 bits per heavy atom. The van der Waals surface area contributed by atoms with Crippen LogP contribution in [0, 0.1) is 12.8 Å². The van der Waals surface area contributed by atoms with Gasteiger partial charge in [-0.3, -0.25) is 14.4 Å². The Kier molecular flexibility index (Phi) is 9.50. The van der Waals surface area contributed by atoms with Crippen molar-refractivity contribution >= 4 is 39.4 Å². The zero-order chi connectivity index (χ0) is 24.4. The SMILES string of the molecule is Cc1ccc(C=CS(=O)(=O)NCC(=O)OCC(=O)c2ccc(NC(=O)CC(C)C)cc2)cc1. The Morgan fingerprint density at radius 2 is 1.64 bits per heavy atom. The standard InChI is InChI=1S/C24H28N2O6S/c1-17(2)14-23(28)26-21-10-8-20(9-11-21)22(27)16-32-24(29)15-25-33(30,31)13-12-19-6-4-18(3)5-7-19/h4-13,17,25H,14-16H2,1-3H3,(H,26,28). The van der Waals surface area contributed by atoms with E-state index in [1.165, 1.54) is 18.2 Å². The van der Waals surface area contributed by atoms with E-state index in [2.05, 4.69) is 10.0 Å². The van der Waals surface area contributed by atoms with E-state index in [0.29, 0.717) is 23.2 Å². The highest BCUT2D eigenvalue weighted by Gasteiger charge is 2.13. The van der Waals surface area contributed by atoms with E-state index in [1.54, 1.807) is 24.3 Å². The summed E-state index contributed by atoms with van der Waals surface area (Å²) in [7, 11) is -3.85. The van der Waals surface area contributed by atoms with Gasteiger partial charge in [-0.05, 0) is 48.7 Å². The van der Waals surface area contributed by atoms with Crippen LogP contribution in [0.3, 0.4) is 0 Å². The van der Waals surface area contributed by atoms with E-state index in [9.17, 15) is 22.8 Å². The molecule has 1 amide bonds. The van der Waals surface area contributed by atoms with Gasteiger partial charge in [0.1, 0.15) is 6.54 Å². The number of rotatable bonds is 11. The minimum Gasteiger partial charge on any atom is -0.456 e. The molecule has 0 aliphatic heterocycles. The lowest BCUT2D eigenvalue weighted by Gasteiger charge is -2.08. The zero-order valence-electron chi connectivity index (χ0n) is 18.8. The maximum Gasteiger partial charge on any atom is 0.321 e. The first kappa shape index (κ1) is 26.0. The smallest absolute Gasteiger partial charge is 0.321 e. The maximum atomic E-state index is 12.2. The zero-order valence-corrected chi connectivity index (χ0v) is 19.6. The molecular weight excluding hydrogens is 444 g/mol. The second-order valence-electron chi connectivity index (χ2n) is 7.89. The van der Waals surface area contributed by atoms with Crippen LogP contribution < -0.4 is 10.0 Å². The molecule has 33 heavy (non-hydrogen) atoms. The summed E-state index contributed by atoms with van der Waals surface area (Å²) in [4.78, 5) is 35.8. The normalized spacial score (nSPS) is 11.5. The quantitative estimate of drug-likeness (QED) is 0.383. The first-order valence-corrected chi connectivity index (χ1v) is 11.9. The van der Waals surface area contributed by atoms with Crippen LogP contribution >= 0.6 is 0 Å². The largest absolute Gasteiger partial charge is 0.456 e. The topological polar surface area (TPSA) is 119 Å². The number of anilines is 1. The van der Waals surface area contributed by atoms with Crippen molar-refractivity contribution in [2.45, 2.75) is 27.2 Å². The molecule has 0 heterocycles. The summed E-state index contributed by atoms with van der Waals surface area (Å²) in [5.74, 6) is -1.22. The molecule has 0 unspecified atom stereocenters. The Labute approximate surface area is 194 Å². The number of ether oxygens (including phenoxy) is 1. The second kappa shape index (κ2) is 12.1. The Morgan fingerprint density at radius 3 is 2.24 bits per heavy atom. The summed E-state index contributed by atoms with van der Waals surface area (Å²) >= 11 is 0. The van der Waals surface area contributed by atoms with E-state index < -0.39 is 34.9 Å². The average molecular weight is 473 g/mol. The number of hydrogen-bond donors (Lipinski definition) is 2. The Balaban J connectivity index is 1.78. The van der Waals surface area contributed by atoms with Gasteiger partial charge in [-0.1, -0.05) is 43.7 Å². The van der Waals surface area contributed by atoms with E-state index in [0.717, 1.165) is 11.0 Å². The van der Waals surface area contributed by atoms with E-state index in [1.807, 2.05) is 32.9 Å². The van der Waals surface area contributed by atoms with Crippen molar-refractivity contribution in [1.82, 2.24) is 4.72 Å². The second-order valence-corrected chi connectivity index (χ2v) is 9.54. The lowest BCUT2D eigenvalue weighted by molar-refractivity contribution is -0.141. The monoisotopic (exact) mass is 472 g/mol. The van der Waals surface area contributed by atoms with Gasteiger partial charge in [0.25, 0.3) is 0 Å². The van der Waals surface area contributed by atoms with Crippen molar-refractivity contribution < 1.29 is 27.5 Å². The predicted molar refractivity (Wildman–Crippen MR) is 127 cm³/mol. The van der Waals surface area contributed by atoms with Crippen LogP contribution in [0.2, 0.25) is 0 Å². The van der Waals surface area contributed by atoms with Gasteiger partial charge in [0.05, 0.1) is 0 Å². The molecule has 0 aromatic heterocycles. The first-order chi connectivity index (χ1) is 15.5. The molecule has 8 nitrogen and oxygen atoms in total. The van der Waals surface area contributed by atoms with Crippen LogP contribution in [-0.2, 0) is 24.3 Å². The molecule has 2 aromatic rings. The summed E-state index contributed by atoms with van der Waals surface area (Å²) in [6.07, 6.45) is 1.80. The third-order valence-electron chi connectivity index (χ3n) is 4.38. The maximum absolute atomic E-state index is 12.2. The highest BCUT2D eigenvalue weighted by molar-refractivity contribution is 7.92. The van der Waals surface area contributed by atoms with Crippen LogP contribution in [-0.4, -0.2) is 39.2 Å². The molecule has 176 valence electrons. The number of hydrogen-bond acceptors (Lipinski definition) is 6. The third-order valence-corrected chi connectivity index (χ3v) is 5.42. The minimum absolute atomic E-state index is 0.117. The van der Waals surface area contributed by atoms with Gasteiger partial charge in [-0.2, -0.15) is 0 Å². The number of Topliss-reactive ketones (excluding diaryl/α,β-unsaturated/α-hetero) is 1. The van der Waals surface area contributed by atoms with Crippen LogP contribution in [0.5, 0.6) is 0 Å². The third kappa shape index (κ3) is 9.80. The molecule has 0 saturated heterocycles. The molecule has 2 rings (SSSR count). The number of amides is 1. The van der Waals surface area contributed by atoms with E-state index >= 15 is 0 Å². The number of carbonyl (C=O) groups is 3. The van der Waals surface area contributed by atoms with Crippen molar-refractivity contribution in [1.29, 1.82) is 0 Å². The molecular formula is C24H28N2O6S. The molecule has 0 bridgehead atoms. The fourth-order valence-corrected chi connectivity index (χ4v) is 3.41. The first-order valence-electron chi connectivity index (χ1n) is 10.4. The summed E-state index contributed by atoms with van der Waals surface area (Å²) in [5.41, 5.74) is 2.60. The van der Waals surface area contributed by atoms with Crippen LogP contribution in [0.25, 0.3) is 6.08 Å². The molecule has 0 atom stereocenters.